The summed E-state index contributed by atoms with van der Waals surface area (Å²) in [6, 6.07) is 9.25. The molecule has 4 heteroatoms. The Labute approximate surface area is 112 Å². The highest BCUT2D eigenvalue weighted by atomic mass is 16.1. The number of benzene rings is 1. The molecule has 0 aliphatic heterocycles. The number of nitriles is 1. The molecule has 98 valence electrons. The number of carbonyl (C=O) groups excluding carboxylic acids is 1. The first-order valence-electron chi connectivity index (χ1n) is 6.20. The van der Waals surface area contributed by atoms with Gasteiger partial charge in [-0.3, -0.25) is 4.79 Å². The van der Waals surface area contributed by atoms with Gasteiger partial charge in [-0.15, -0.1) is 0 Å². The molecule has 1 aromatic carbocycles. The number of Topliss-reactive ketones (excluding diaryl/α,β-unsaturated/α-hetero) is 1. The van der Waals surface area contributed by atoms with Crippen LogP contribution < -0.4 is 11.1 Å². The van der Waals surface area contributed by atoms with Crippen LogP contribution in [0.5, 0.6) is 0 Å². The molecule has 0 fully saturated rings. The van der Waals surface area contributed by atoms with Crippen molar-refractivity contribution in [3.05, 3.63) is 35.5 Å². The molecule has 0 aromatic heterocycles. The molecule has 1 aliphatic rings. The Hall–Kier alpha value is -2.28. The third-order valence-electron chi connectivity index (χ3n) is 3.19. The lowest BCUT2D eigenvalue weighted by Gasteiger charge is -2.30. The number of anilines is 2. The van der Waals surface area contributed by atoms with E-state index in [1.54, 1.807) is 12.1 Å². The van der Waals surface area contributed by atoms with Gasteiger partial charge in [0.2, 0.25) is 0 Å². The number of allylic oxidation sites excluding steroid dienone is 2. The van der Waals surface area contributed by atoms with Crippen LogP contribution in [0.3, 0.4) is 0 Å². The van der Waals surface area contributed by atoms with Gasteiger partial charge < -0.3 is 11.1 Å². The smallest absolute Gasteiger partial charge is 0.175 e. The van der Waals surface area contributed by atoms with Crippen molar-refractivity contribution >= 4 is 17.2 Å². The van der Waals surface area contributed by atoms with E-state index in [0.717, 1.165) is 5.69 Å². The fourth-order valence-corrected chi connectivity index (χ4v) is 2.30. The number of ketones is 1. The van der Waals surface area contributed by atoms with Crippen molar-refractivity contribution in [1.29, 1.82) is 5.26 Å². The van der Waals surface area contributed by atoms with Crippen LogP contribution in [0.2, 0.25) is 0 Å². The number of rotatable bonds is 2. The molecule has 3 N–H and O–H groups in total. The van der Waals surface area contributed by atoms with Gasteiger partial charge in [-0.25, -0.2) is 0 Å². The molecule has 4 nitrogen and oxygen atoms in total. The Morgan fingerprint density at radius 3 is 2.47 bits per heavy atom. The van der Waals surface area contributed by atoms with Crippen LogP contribution in [0.1, 0.15) is 26.7 Å². The van der Waals surface area contributed by atoms with E-state index in [2.05, 4.69) is 5.32 Å². The number of nitrogens with two attached hydrogens (primary N) is 1. The van der Waals surface area contributed by atoms with Gasteiger partial charge in [0.15, 0.2) is 5.78 Å². The second kappa shape index (κ2) is 4.77. The van der Waals surface area contributed by atoms with E-state index in [0.29, 0.717) is 24.2 Å². The Bertz CT molecular complexity index is 576. The first kappa shape index (κ1) is 13.2. The Kier molecular flexibility index (Phi) is 3.30. The van der Waals surface area contributed by atoms with Gasteiger partial charge in [0, 0.05) is 23.5 Å². The highest BCUT2D eigenvalue weighted by Gasteiger charge is 2.33. The highest BCUT2D eigenvalue weighted by Crippen LogP contribution is 2.36. The van der Waals surface area contributed by atoms with Crippen LogP contribution in [-0.4, -0.2) is 5.78 Å². The lowest BCUT2D eigenvalue weighted by Crippen LogP contribution is -2.28. The fraction of sp³-hybridized carbons (Fsp3) is 0.333. The van der Waals surface area contributed by atoms with Crippen LogP contribution in [0.15, 0.2) is 35.5 Å². The largest absolute Gasteiger partial charge is 0.399 e. The normalized spacial score (nSPS) is 18.1. The van der Waals surface area contributed by atoms with E-state index in [4.69, 9.17) is 11.0 Å². The summed E-state index contributed by atoms with van der Waals surface area (Å²) in [5, 5.41) is 12.3. The third kappa shape index (κ3) is 2.94. The third-order valence-corrected chi connectivity index (χ3v) is 3.19. The number of nitrogens with one attached hydrogen (secondary N) is 1. The Morgan fingerprint density at radius 2 is 1.89 bits per heavy atom. The molecule has 0 saturated carbocycles. The van der Waals surface area contributed by atoms with Gasteiger partial charge in [0.05, 0.1) is 0 Å². The average molecular weight is 255 g/mol. The predicted molar refractivity (Wildman–Crippen MR) is 75.1 cm³/mol. The maximum atomic E-state index is 12.0. The van der Waals surface area contributed by atoms with Crippen LogP contribution in [0.25, 0.3) is 0 Å². The zero-order chi connectivity index (χ0) is 14.0. The van der Waals surface area contributed by atoms with Gasteiger partial charge in [-0.1, -0.05) is 13.8 Å². The second-order valence-corrected chi connectivity index (χ2v) is 5.65. The number of hydrogen-bond acceptors (Lipinski definition) is 4. The van der Waals surface area contributed by atoms with Crippen molar-refractivity contribution in [2.75, 3.05) is 11.1 Å². The van der Waals surface area contributed by atoms with Crippen molar-refractivity contribution in [3.63, 3.8) is 0 Å². The number of nitrogens with zero attached hydrogens (tertiary/aromatic N) is 1. The second-order valence-electron chi connectivity index (χ2n) is 5.65. The lowest BCUT2D eigenvalue weighted by atomic mass is 9.76. The number of carbonyl (C=O) groups is 1. The summed E-state index contributed by atoms with van der Waals surface area (Å²) in [5.41, 5.74) is 7.98. The van der Waals surface area contributed by atoms with Crippen molar-refractivity contribution in [2.45, 2.75) is 26.7 Å². The minimum absolute atomic E-state index is 0.0864. The van der Waals surface area contributed by atoms with Gasteiger partial charge in [0.1, 0.15) is 11.6 Å². The summed E-state index contributed by atoms with van der Waals surface area (Å²) < 4.78 is 0. The zero-order valence-electron chi connectivity index (χ0n) is 11.2. The quantitative estimate of drug-likeness (QED) is 0.796. The van der Waals surface area contributed by atoms with Crippen molar-refractivity contribution in [1.82, 2.24) is 0 Å². The van der Waals surface area contributed by atoms with Crippen LogP contribution in [0.4, 0.5) is 11.4 Å². The SMILES string of the molecule is CC1(C)CC(=O)C(C#N)=C(Nc2ccc(N)cc2)C1. The van der Waals surface area contributed by atoms with Crippen molar-refractivity contribution in [3.8, 4) is 6.07 Å². The van der Waals surface area contributed by atoms with E-state index in [-0.39, 0.29) is 16.8 Å². The van der Waals surface area contributed by atoms with E-state index < -0.39 is 0 Å². The summed E-state index contributed by atoms with van der Waals surface area (Å²) >= 11 is 0. The molecule has 0 radical (unpaired) electrons. The molecule has 0 bridgehead atoms. The molecule has 0 atom stereocenters. The van der Waals surface area contributed by atoms with E-state index in [1.165, 1.54) is 0 Å². The van der Waals surface area contributed by atoms with E-state index in [1.807, 2.05) is 32.0 Å². The average Bonchev–Trinajstić information content (AvgIpc) is 2.30. The Morgan fingerprint density at radius 1 is 1.26 bits per heavy atom. The highest BCUT2D eigenvalue weighted by molar-refractivity contribution is 6.01. The predicted octanol–water partition coefficient (Wildman–Crippen LogP) is 2.85. The molecule has 0 spiro atoms. The molecule has 1 aliphatic carbocycles. The van der Waals surface area contributed by atoms with Gasteiger partial charge in [-0.2, -0.15) is 5.26 Å². The minimum Gasteiger partial charge on any atom is -0.399 e. The molecule has 1 aromatic rings. The first-order chi connectivity index (χ1) is 8.91. The van der Waals surface area contributed by atoms with E-state index in [9.17, 15) is 4.79 Å². The summed E-state index contributed by atoms with van der Waals surface area (Å²) in [5.74, 6) is -0.0864. The van der Waals surface area contributed by atoms with Gasteiger partial charge in [0.25, 0.3) is 0 Å². The molecule has 2 rings (SSSR count). The molecule has 0 heterocycles. The summed E-state index contributed by atoms with van der Waals surface area (Å²) in [4.78, 5) is 12.0. The summed E-state index contributed by atoms with van der Waals surface area (Å²) in [6.07, 6.45) is 1.11. The number of nitrogen functional groups attached to an aromatic ring is 1. The van der Waals surface area contributed by atoms with Gasteiger partial charge in [-0.05, 0) is 36.1 Å². The maximum absolute atomic E-state index is 12.0. The Balaban J connectivity index is 2.32. The summed E-state index contributed by atoms with van der Waals surface area (Å²) in [6.45, 7) is 4.06. The van der Waals surface area contributed by atoms with Gasteiger partial charge >= 0.3 is 0 Å². The zero-order valence-corrected chi connectivity index (χ0v) is 11.2. The summed E-state index contributed by atoms with van der Waals surface area (Å²) in [7, 11) is 0. The van der Waals surface area contributed by atoms with Crippen LogP contribution in [-0.2, 0) is 4.79 Å². The van der Waals surface area contributed by atoms with Crippen molar-refractivity contribution < 1.29 is 4.79 Å². The first-order valence-corrected chi connectivity index (χ1v) is 6.20. The molecular formula is C15H17N3O. The fourth-order valence-electron chi connectivity index (χ4n) is 2.30. The van der Waals surface area contributed by atoms with Crippen LogP contribution in [0, 0.1) is 16.7 Å². The van der Waals surface area contributed by atoms with Crippen LogP contribution >= 0.6 is 0 Å². The molecule has 0 saturated heterocycles. The maximum Gasteiger partial charge on any atom is 0.175 e. The lowest BCUT2D eigenvalue weighted by molar-refractivity contribution is -0.117. The monoisotopic (exact) mass is 255 g/mol. The van der Waals surface area contributed by atoms with Crippen molar-refractivity contribution in [2.24, 2.45) is 5.41 Å². The number of hydrogen-bond donors (Lipinski definition) is 2. The minimum atomic E-state index is -0.117. The molecule has 0 amide bonds. The topological polar surface area (TPSA) is 78.9 Å². The molecular weight excluding hydrogens is 238 g/mol. The standard InChI is InChI=1S/C15H17N3O/c1-15(2)7-13(12(9-16)14(19)8-15)18-11-5-3-10(17)4-6-11/h3-6,18H,7-8,17H2,1-2H3. The molecule has 0 unspecified atom stereocenters. The molecule has 19 heavy (non-hydrogen) atoms. The van der Waals surface area contributed by atoms with E-state index >= 15 is 0 Å².